The Kier molecular flexibility index (Phi) is 4.37. The van der Waals surface area contributed by atoms with Crippen LogP contribution in [-0.4, -0.2) is 46.9 Å². The number of thiophene rings is 1. The molecule has 0 spiro atoms. The molecule has 1 saturated heterocycles. The molecule has 0 bridgehead atoms. The maximum absolute atomic E-state index is 12.7. The zero-order valence-corrected chi connectivity index (χ0v) is 14.8. The highest BCUT2D eigenvalue weighted by atomic mass is 32.1. The summed E-state index contributed by atoms with van der Waals surface area (Å²) in [6.07, 6.45) is 4.77. The third-order valence-electron chi connectivity index (χ3n) is 5.05. The van der Waals surface area contributed by atoms with Crippen molar-refractivity contribution in [3.8, 4) is 0 Å². The molecule has 4 rings (SSSR count). The summed E-state index contributed by atoms with van der Waals surface area (Å²) in [5.41, 5.74) is 1.24. The quantitative estimate of drug-likeness (QED) is 0.858. The second-order valence-electron chi connectivity index (χ2n) is 6.86. The first kappa shape index (κ1) is 15.8. The third-order valence-corrected chi connectivity index (χ3v) is 6.18. The van der Waals surface area contributed by atoms with Gasteiger partial charge in [0.1, 0.15) is 0 Å². The molecule has 126 valence electrons. The van der Waals surface area contributed by atoms with Crippen molar-refractivity contribution in [2.24, 2.45) is 5.92 Å². The van der Waals surface area contributed by atoms with Gasteiger partial charge in [0.15, 0.2) is 0 Å². The largest absolute Gasteiger partial charge is 0.340 e. The van der Waals surface area contributed by atoms with Gasteiger partial charge in [-0.15, -0.1) is 11.3 Å². The van der Waals surface area contributed by atoms with E-state index in [0.29, 0.717) is 11.8 Å². The third kappa shape index (κ3) is 3.37. The Labute approximate surface area is 147 Å². The van der Waals surface area contributed by atoms with Gasteiger partial charge >= 0.3 is 0 Å². The van der Waals surface area contributed by atoms with Gasteiger partial charge in [0, 0.05) is 66.7 Å². The summed E-state index contributed by atoms with van der Waals surface area (Å²) in [7, 11) is 0. The first-order chi connectivity index (χ1) is 11.7. The maximum atomic E-state index is 12.7. The van der Waals surface area contributed by atoms with Gasteiger partial charge in [-0.2, -0.15) is 0 Å². The fourth-order valence-corrected chi connectivity index (χ4v) is 4.60. The lowest BCUT2D eigenvalue weighted by atomic mass is 10.2. The van der Waals surface area contributed by atoms with Gasteiger partial charge in [-0.25, -0.2) is 0 Å². The highest BCUT2D eigenvalue weighted by Crippen LogP contribution is 2.50. The van der Waals surface area contributed by atoms with Gasteiger partial charge in [0.25, 0.3) is 0 Å². The standard InChI is InChI=1S/C19H23N3OS/c1-14-4-5-18(24-14)16-11-17(16)19(23)22-9-7-21(8-10-22)13-15-3-2-6-20-12-15/h2-6,12,16-17H,7-11,13H2,1H3/t16-,17+/m1/s1. The Balaban J connectivity index is 1.28. The lowest BCUT2D eigenvalue weighted by molar-refractivity contribution is -0.134. The summed E-state index contributed by atoms with van der Waals surface area (Å²) >= 11 is 1.84. The summed E-state index contributed by atoms with van der Waals surface area (Å²) in [4.78, 5) is 24.1. The fraction of sp³-hybridized carbons (Fsp3) is 0.474. The second kappa shape index (κ2) is 6.65. The van der Waals surface area contributed by atoms with Crippen LogP contribution in [0.3, 0.4) is 0 Å². The molecular formula is C19H23N3OS. The number of hydrogen-bond donors (Lipinski definition) is 0. The number of carbonyl (C=O) groups excluding carboxylic acids is 1. The monoisotopic (exact) mass is 341 g/mol. The van der Waals surface area contributed by atoms with E-state index in [-0.39, 0.29) is 5.92 Å². The van der Waals surface area contributed by atoms with Crippen molar-refractivity contribution in [2.75, 3.05) is 26.2 Å². The zero-order chi connectivity index (χ0) is 16.5. The normalized spacial score (nSPS) is 24.1. The number of rotatable bonds is 4. The van der Waals surface area contributed by atoms with Crippen molar-refractivity contribution in [3.05, 3.63) is 52.0 Å². The number of carbonyl (C=O) groups is 1. The molecule has 0 radical (unpaired) electrons. The molecule has 1 aliphatic heterocycles. The molecule has 1 saturated carbocycles. The van der Waals surface area contributed by atoms with Crippen LogP contribution in [0.15, 0.2) is 36.7 Å². The summed E-state index contributed by atoms with van der Waals surface area (Å²) in [5.74, 6) is 1.07. The molecule has 2 fully saturated rings. The lowest BCUT2D eigenvalue weighted by Crippen LogP contribution is -2.48. The van der Waals surface area contributed by atoms with Crippen molar-refractivity contribution in [1.82, 2.24) is 14.8 Å². The van der Waals surface area contributed by atoms with Crippen molar-refractivity contribution >= 4 is 17.2 Å². The van der Waals surface area contributed by atoms with E-state index in [1.807, 2.05) is 23.6 Å². The average molecular weight is 341 g/mol. The van der Waals surface area contributed by atoms with Gasteiger partial charge in [-0.3, -0.25) is 14.7 Å². The van der Waals surface area contributed by atoms with Crippen molar-refractivity contribution < 1.29 is 4.79 Å². The van der Waals surface area contributed by atoms with Crippen molar-refractivity contribution in [2.45, 2.75) is 25.8 Å². The molecule has 0 N–H and O–H groups in total. The molecule has 0 aromatic carbocycles. The van der Waals surface area contributed by atoms with Crippen LogP contribution in [0.4, 0.5) is 0 Å². The SMILES string of the molecule is Cc1ccc([C@@H]2C[C@@H]2C(=O)N2CCN(Cc3cccnc3)CC2)s1. The van der Waals surface area contributed by atoms with Crippen LogP contribution < -0.4 is 0 Å². The minimum Gasteiger partial charge on any atom is -0.340 e. The van der Waals surface area contributed by atoms with E-state index < -0.39 is 0 Å². The van der Waals surface area contributed by atoms with Crippen LogP contribution in [0, 0.1) is 12.8 Å². The van der Waals surface area contributed by atoms with E-state index in [9.17, 15) is 4.79 Å². The molecule has 0 unspecified atom stereocenters. The van der Waals surface area contributed by atoms with Crippen LogP contribution >= 0.6 is 11.3 Å². The van der Waals surface area contributed by atoms with Crippen LogP contribution in [0.1, 0.15) is 27.7 Å². The number of aromatic nitrogens is 1. The molecule has 3 heterocycles. The smallest absolute Gasteiger partial charge is 0.226 e. The predicted molar refractivity (Wildman–Crippen MR) is 96.0 cm³/mol. The first-order valence-corrected chi connectivity index (χ1v) is 9.49. The second-order valence-corrected chi connectivity index (χ2v) is 8.18. The molecule has 2 atom stereocenters. The molecule has 1 aliphatic carbocycles. The Morgan fingerprint density at radius 2 is 2.08 bits per heavy atom. The van der Waals surface area contributed by atoms with Gasteiger partial charge in [0.2, 0.25) is 5.91 Å². The van der Waals surface area contributed by atoms with E-state index in [2.05, 4.69) is 39.9 Å². The van der Waals surface area contributed by atoms with E-state index in [1.54, 1.807) is 6.20 Å². The molecule has 2 aliphatic rings. The van der Waals surface area contributed by atoms with Crippen LogP contribution in [0.25, 0.3) is 0 Å². The highest BCUT2D eigenvalue weighted by Gasteiger charge is 2.46. The maximum Gasteiger partial charge on any atom is 0.226 e. The Hall–Kier alpha value is -1.72. The predicted octanol–water partition coefficient (Wildman–Crippen LogP) is 2.90. The number of hydrogen-bond acceptors (Lipinski definition) is 4. The number of amides is 1. The van der Waals surface area contributed by atoms with E-state index in [4.69, 9.17) is 0 Å². The topological polar surface area (TPSA) is 36.4 Å². The highest BCUT2D eigenvalue weighted by molar-refractivity contribution is 7.12. The van der Waals surface area contributed by atoms with Gasteiger partial charge in [0.05, 0.1) is 0 Å². The fourth-order valence-electron chi connectivity index (χ4n) is 3.55. The van der Waals surface area contributed by atoms with Crippen molar-refractivity contribution in [1.29, 1.82) is 0 Å². The molecule has 1 amide bonds. The number of aryl methyl sites for hydroxylation is 1. The van der Waals surface area contributed by atoms with Gasteiger partial charge < -0.3 is 4.90 Å². The van der Waals surface area contributed by atoms with E-state index in [1.165, 1.54) is 15.3 Å². The summed E-state index contributed by atoms with van der Waals surface area (Å²) in [6, 6.07) is 8.46. The molecule has 2 aromatic rings. The van der Waals surface area contributed by atoms with E-state index >= 15 is 0 Å². The number of pyridine rings is 1. The van der Waals surface area contributed by atoms with Crippen LogP contribution in [0.2, 0.25) is 0 Å². The van der Waals surface area contributed by atoms with Gasteiger partial charge in [-0.05, 0) is 37.1 Å². The zero-order valence-electron chi connectivity index (χ0n) is 14.0. The van der Waals surface area contributed by atoms with Crippen molar-refractivity contribution in [3.63, 3.8) is 0 Å². The van der Waals surface area contributed by atoms with Crippen LogP contribution in [0.5, 0.6) is 0 Å². The molecular weight excluding hydrogens is 318 g/mol. The lowest BCUT2D eigenvalue weighted by Gasteiger charge is -2.35. The molecule has 4 nitrogen and oxygen atoms in total. The average Bonchev–Trinajstić information content (AvgIpc) is 3.30. The number of piperazine rings is 1. The first-order valence-electron chi connectivity index (χ1n) is 8.67. The molecule has 2 aromatic heterocycles. The molecule has 5 heteroatoms. The van der Waals surface area contributed by atoms with Gasteiger partial charge in [-0.1, -0.05) is 6.07 Å². The number of nitrogens with zero attached hydrogens (tertiary/aromatic N) is 3. The molecule has 24 heavy (non-hydrogen) atoms. The minimum atomic E-state index is 0.230. The Morgan fingerprint density at radius 1 is 1.25 bits per heavy atom. The minimum absolute atomic E-state index is 0.230. The Bertz CT molecular complexity index is 706. The van der Waals surface area contributed by atoms with Crippen LogP contribution in [-0.2, 0) is 11.3 Å². The Morgan fingerprint density at radius 3 is 2.75 bits per heavy atom. The van der Waals surface area contributed by atoms with E-state index in [0.717, 1.165) is 39.1 Å². The summed E-state index contributed by atoms with van der Waals surface area (Å²) < 4.78 is 0. The summed E-state index contributed by atoms with van der Waals surface area (Å²) in [6.45, 7) is 6.68. The summed E-state index contributed by atoms with van der Waals surface area (Å²) in [5, 5.41) is 0.